The highest BCUT2D eigenvalue weighted by molar-refractivity contribution is 5.96. The van der Waals surface area contributed by atoms with Gasteiger partial charge in [0, 0.05) is 25.1 Å². The molecule has 0 radical (unpaired) electrons. The number of rotatable bonds is 11. The quantitative estimate of drug-likeness (QED) is 0.232. The number of hydrogen-bond acceptors (Lipinski definition) is 6. The van der Waals surface area contributed by atoms with Gasteiger partial charge >= 0.3 is 0 Å². The van der Waals surface area contributed by atoms with Gasteiger partial charge in [-0.2, -0.15) is 0 Å². The van der Waals surface area contributed by atoms with Crippen LogP contribution in [-0.2, 0) is 4.74 Å². The largest absolute Gasteiger partial charge is 0.381 e. The van der Waals surface area contributed by atoms with E-state index in [1.54, 1.807) is 0 Å². The van der Waals surface area contributed by atoms with Crippen LogP contribution in [0.2, 0.25) is 0 Å². The van der Waals surface area contributed by atoms with Crippen LogP contribution in [0.5, 0.6) is 0 Å². The van der Waals surface area contributed by atoms with Crippen LogP contribution in [0.4, 0.5) is 5.82 Å². The van der Waals surface area contributed by atoms with Crippen LogP contribution in [-0.4, -0.2) is 53.7 Å². The second kappa shape index (κ2) is 12.3. The molecule has 180 valence electrons. The molecule has 6 N–H and O–H groups in total. The zero-order chi connectivity index (χ0) is 23.6. The second-order valence-corrected chi connectivity index (χ2v) is 8.65. The number of ether oxygens (including phenoxy) is 1. The van der Waals surface area contributed by atoms with Crippen molar-refractivity contribution in [3.8, 4) is 0 Å². The molecule has 1 saturated carbocycles. The number of fused-ring (bicyclic) bond motifs is 1. The summed E-state index contributed by atoms with van der Waals surface area (Å²) in [4.78, 5) is 26.3. The number of nitrogens with two attached hydrogens (primary N) is 2. The average molecular weight is 456 g/mol. The van der Waals surface area contributed by atoms with E-state index in [4.69, 9.17) is 16.2 Å². The van der Waals surface area contributed by atoms with E-state index in [1.807, 2.05) is 25.1 Å². The van der Waals surface area contributed by atoms with Gasteiger partial charge in [0.15, 0.2) is 5.96 Å². The van der Waals surface area contributed by atoms with E-state index in [-0.39, 0.29) is 29.8 Å². The fourth-order valence-electron chi connectivity index (χ4n) is 4.06. The Balaban J connectivity index is 1.75. The molecule has 2 aromatic rings. The molecule has 0 bridgehead atoms. The number of nitrogens with one attached hydrogen (secondary N) is 2. The van der Waals surface area contributed by atoms with E-state index < -0.39 is 0 Å². The normalized spacial score (nSPS) is 18.1. The van der Waals surface area contributed by atoms with Crippen LogP contribution < -0.4 is 22.1 Å². The van der Waals surface area contributed by atoms with Gasteiger partial charge in [-0.1, -0.05) is 37.8 Å². The van der Waals surface area contributed by atoms with Crippen molar-refractivity contribution in [1.82, 2.24) is 15.3 Å². The molecule has 1 aliphatic rings. The van der Waals surface area contributed by atoms with Crippen LogP contribution >= 0.6 is 0 Å². The highest BCUT2D eigenvalue weighted by Crippen LogP contribution is 2.28. The molecule has 1 heterocycles. The maximum absolute atomic E-state index is 12.8. The standard InChI is InChI=1S/C24H37N7O2/c1-3-4-13-33-14-7-12-27-23(32)22-28-18-11-10-16(2)15-17(18)21(31-22)29-19-8-5-6-9-20(19)30-24(25)26/h10-11,15,19-20H,3-9,12-14H2,1-2H3,(H,27,32)(H4,25,26,30)(H,28,29,31)/t19-,20+/m0/s1. The lowest BCUT2D eigenvalue weighted by atomic mass is 9.90. The molecule has 33 heavy (non-hydrogen) atoms. The van der Waals surface area contributed by atoms with Crippen LogP contribution in [0, 0.1) is 6.92 Å². The molecule has 9 nitrogen and oxygen atoms in total. The van der Waals surface area contributed by atoms with E-state index >= 15 is 0 Å². The number of benzene rings is 1. The SMILES string of the molecule is CCCCOCCCNC(=O)c1nc(N[C@H]2CCCC[C@H]2N=C(N)N)c2cc(C)ccc2n1. The molecule has 0 spiro atoms. The first-order valence-corrected chi connectivity index (χ1v) is 12.0. The van der Waals surface area contributed by atoms with E-state index in [2.05, 4.69) is 32.5 Å². The molecule has 2 atom stereocenters. The topological polar surface area (TPSA) is 141 Å². The van der Waals surface area contributed by atoms with Gasteiger partial charge in [0.1, 0.15) is 5.82 Å². The molecule has 0 aliphatic heterocycles. The number of aliphatic imine (C=N–C) groups is 1. The van der Waals surface area contributed by atoms with Crippen molar-refractivity contribution in [3.05, 3.63) is 29.6 Å². The Hall–Kier alpha value is -2.94. The van der Waals surface area contributed by atoms with Gasteiger partial charge in [0.2, 0.25) is 5.82 Å². The van der Waals surface area contributed by atoms with E-state index in [9.17, 15) is 4.79 Å². The molecule has 1 aromatic heterocycles. The lowest BCUT2D eigenvalue weighted by Crippen LogP contribution is -2.38. The molecule has 1 aromatic carbocycles. The Kier molecular flexibility index (Phi) is 9.24. The summed E-state index contributed by atoms with van der Waals surface area (Å²) in [7, 11) is 0. The van der Waals surface area contributed by atoms with Gasteiger partial charge in [-0.3, -0.25) is 4.79 Å². The predicted molar refractivity (Wildman–Crippen MR) is 132 cm³/mol. The first-order valence-electron chi connectivity index (χ1n) is 12.0. The Morgan fingerprint density at radius 1 is 1.18 bits per heavy atom. The van der Waals surface area contributed by atoms with E-state index in [0.717, 1.165) is 68.0 Å². The molecule has 0 saturated heterocycles. The molecule has 9 heteroatoms. The van der Waals surface area contributed by atoms with E-state index in [0.29, 0.717) is 19.0 Å². The summed E-state index contributed by atoms with van der Waals surface area (Å²) < 4.78 is 5.55. The summed E-state index contributed by atoms with van der Waals surface area (Å²) in [5.41, 5.74) is 13.1. The van der Waals surface area contributed by atoms with Gasteiger partial charge in [0.25, 0.3) is 5.91 Å². The van der Waals surface area contributed by atoms with Crippen molar-refractivity contribution < 1.29 is 9.53 Å². The van der Waals surface area contributed by atoms with Crippen LogP contribution in [0.25, 0.3) is 10.9 Å². The van der Waals surface area contributed by atoms with Gasteiger partial charge in [0.05, 0.1) is 17.6 Å². The fourth-order valence-corrected chi connectivity index (χ4v) is 4.06. The fraction of sp³-hybridized carbons (Fsp3) is 0.583. The number of carbonyl (C=O) groups is 1. The molecule has 1 aliphatic carbocycles. The maximum Gasteiger partial charge on any atom is 0.289 e. The number of unbranched alkanes of at least 4 members (excludes halogenated alkanes) is 1. The number of aromatic nitrogens is 2. The Morgan fingerprint density at radius 3 is 2.76 bits per heavy atom. The minimum Gasteiger partial charge on any atom is -0.381 e. The molecule has 0 unspecified atom stereocenters. The molecular weight excluding hydrogens is 418 g/mol. The number of hydrogen-bond donors (Lipinski definition) is 4. The lowest BCUT2D eigenvalue weighted by Gasteiger charge is -2.30. The van der Waals surface area contributed by atoms with Crippen molar-refractivity contribution in [2.45, 2.75) is 70.9 Å². The molecule has 3 rings (SSSR count). The minimum absolute atomic E-state index is 0.0245. The van der Waals surface area contributed by atoms with Crippen molar-refractivity contribution in [2.24, 2.45) is 16.5 Å². The minimum atomic E-state index is -0.293. The predicted octanol–water partition coefficient (Wildman–Crippen LogP) is 2.87. The lowest BCUT2D eigenvalue weighted by molar-refractivity contribution is 0.0930. The van der Waals surface area contributed by atoms with E-state index in [1.165, 1.54) is 0 Å². The number of anilines is 1. The summed E-state index contributed by atoms with van der Waals surface area (Å²) in [6.45, 7) is 6.05. The third kappa shape index (κ3) is 7.28. The van der Waals surface area contributed by atoms with Crippen LogP contribution in [0.1, 0.15) is 68.1 Å². The number of guanidine groups is 1. The summed E-state index contributed by atoms with van der Waals surface area (Å²) in [5.74, 6) is 0.587. The highest BCUT2D eigenvalue weighted by Gasteiger charge is 2.26. The smallest absolute Gasteiger partial charge is 0.289 e. The third-order valence-electron chi connectivity index (χ3n) is 5.81. The first kappa shape index (κ1) is 24.7. The number of aryl methyl sites for hydroxylation is 1. The third-order valence-corrected chi connectivity index (χ3v) is 5.81. The van der Waals surface area contributed by atoms with Crippen molar-refractivity contribution >= 4 is 28.6 Å². The number of amides is 1. The summed E-state index contributed by atoms with van der Waals surface area (Å²) in [5, 5.41) is 7.31. The monoisotopic (exact) mass is 455 g/mol. The number of carbonyl (C=O) groups excluding carboxylic acids is 1. The summed E-state index contributed by atoms with van der Waals surface area (Å²) in [6, 6.07) is 5.95. The Labute approximate surface area is 195 Å². The Bertz CT molecular complexity index is 959. The van der Waals surface area contributed by atoms with Crippen LogP contribution in [0.15, 0.2) is 23.2 Å². The average Bonchev–Trinajstić information content (AvgIpc) is 2.79. The van der Waals surface area contributed by atoms with Gasteiger partial charge in [-0.15, -0.1) is 0 Å². The van der Waals surface area contributed by atoms with Crippen molar-refractivity contribution in [1.29, 1.82) is 0 Å². The van der Waals surface area contributed by atoms with Crippen LogP contribution in [0.3, 0.4) is 0 Å². The zero-order valence-corrected chi connectivity index (χ0v) is 19.8. The maximum atomic E-state index is 12.8. The number of nitrogens with zero attached hydrogens (tertiary/aromatic N) is 3. The van der Waals surface area contributed by atoms with Gasteiger partial charge in [-0.05, 0) is 44.7 Å². The van der Waals surface area contributed by atoms with Gasteiger partial charge in [-0.25, -0.2) is 15.0 Å². The molecule has 1 amide bonds. The van der Waals surface area contributed by atoms with Crippen molar-refractivity contribution in [3.63, 3.8) is 0 Å². The zero-order valence-electron chi connectivity index (χ0n) is 19.8. The molecule has 1 fully saturated rings. The Morgan fingerprint density at radius 2 is 1.97 bits per heavy atom. The molecular formula is C24H37N7O2. The second-order valence-electron chi connectivity index (χ2n) is 8.65. The first-order chi connectivity index (χ1) is 16.0. The van der Waals surface area contributed by atoms with Crippen molar-refractivity contribution in [2.75, 3.05) is 25.1 Å². The summed E-state index contributed by atoms with van der Waals surface area (Å²) in [6.07, 6.45) is 6.92. The summed E-state index contributed by atoms with van der Waals surface area (Å²) >= 11 is 0. The highest BCUT2D eigenvalue weighted by atomic mass is 16.5. The van der Waals surface area contributed by atoms with Gasteiger partial charge < -0.3 is 26.8 Å².